The first kappa shape index (κ1) is 15.1. The number of rotatable bonds is 5. The minimum absolute atomic E-state index is 0.0740. The smallest absolute Gasteiger partial charge is 0.314 e. The molecule has 0 bridgehead atoms. The topological polar surface area (TPSA) is 100.0 Å². The summed E-state index contributed by atoms with van der Waals surface area (Å²) in [4.78, 5) is 12.3. The van der Waals surface area contributed by atoms with Crippen LogP contribution < -0.4 is 4.74 Å². The number of para-hydroxylation sites is 1. The predicted octanol–water partition coefficient (Wildman–Crippen LogP) is 3.18. The molecule has 0 aliphatic carbocycles. The van der Waals surface area contributed by atoms with Gasteiger partial charge in [-0.15, -0.1) is 10.2 Å². The van der Waals surface area contributed by atoms with Crippen molar-refractivity contribution in [1.82, 2.24) is 25.1 Å². The maximum absolute atomic E-state index is 12.5. The molecule has 0 N–H and O–H groups in total. The van der Waals surface area contributed by atoms with Crippen LogP contribution in [0.3, 0.4) is 0 Å². The van der Waals surface area contributed by atoms with E-state index in [1.807, 2.05) is 0 Å². The number of ether oxygens (including phenoxy) is 1. The minimum atomic E-state index is -2.82. The summed E-state index contributed by atoms with van der Waals surface area (Å²) in [6.07, 6.45) is 1.30. The number of hydrogen-bond donors (Lipinski definition) is 0. The quantitative estimate of drug-likeness (QED) is 0.544. The van der Waals surface area contributed by atoms with E-state index in [0.717, 1.165) is 0 Å². The third-order valence-electron chi connectivity index (χ3n) is 3.26. The molecule has 0 spiro atoms. The second-order valence-corrected chi connectivity index (χ2v) is 4.88. The van der Waals surface area contributed by atoms with Crippen molar-refractivity contribution in [3.8, 4) is 17.2 Å². The van der Waals surface area contributed by atoms with Gasteiger partial charge in [0.15, 0.2) is 23.3 Å². The first-order valence-electron chi connectivity index (χ1n) is 7.08. The molecule has 0 aliphatic rings. The molecule has 0 fully saturated rings. The van der Waals surface area contributed by atoms with Crippen molar-refractivity contribution in [3.63, 3.8) is 0 Å². The van der Waals surface area contributed by atoms with Gasteiger partial charge in [0.2, 0.25) is 0 Å². The predicted molar refractivity (Wildman–Crippen MR) is 78.6 cm³/mol. The molecule has 8 nitrogen and oxygen atoms in total. The van der Waals surface area contributed by atoms with Gasteiger partial charge >= 0.3 is 6.43 Å². The van der Waals surface area contributed by atoms with E-state index in [0.29, 0.717) is 28.2 Å². The van der Waals surface area contributed by atoms with Crippen LogP contribution in [0.15, 0.2) is 45.8 Å². The van der Waals surface area contributed by atoms with E-state index in [2.05, 4.69) is 25.1 Å². The molecule has 0 saturated carbocycles. The summed E-state index contributed by atoms with van der Waals surface area (Å²) in [5.41, 5.74) is 1.55. The third-order valence-corrected chi connectivity index (χ3v) is 3.26. The van der Waals surface area contributed by atoms with E-state index in [1.165, 1.54) is 18.8 Å². The molecule has 10 heteroatoms. The molecule has 3 aromatic heterocycles. The zero-order valence-corrected chi connectivity index (χ0v) is 12.5. The Kier molecular flexibility index (Phi) is 3.77. The van der Waals surface area contributed by atoms with Crippen LogP contribution in [-0.4, -0.2) is 25.1 Å². The Morgan fingerprint density at radius 1 is 1.08 bits per heavy atom. The zero-order chi connectivity index (χ0) is 17.2. The first-order chi connectivity index (χ1) is 12.2. The van der Waals surface area contributed by atoms with Crippen molar-refractivity contribution in [1.29, 1.82) is 0 Å². The number of aromatic nitrogens is 5. The first-order valence-corrected chi connectivity index (χ1v) is 7.08. The Morgan fingerprint density at radius 2 is 1.92 bits per heavy atom. The SMILES string of the molecule is FC(F)c1nnc(-c2cnc(COc3cccc4ocnc34)nc2)o1. The van der Waals surface area contributed by atoms with Gasteiger partial charge in [-0.05, 0) is 12.1 Å². The highest BCUT2D eigenvalue weighted by Crippen LogP contribution is 2.25. The van der Waals surface area contributed by atoms with Crippen molar-refractivity contribution in [3.05, 3.63) is 48.7 Å². The van der Waals surface area contributed by atoms with Crippen molar-refractivity contribution in [2.45, 2.75) is 13.0 Å². The minimum Gasteiger partial charge on any atom is -0.483 e. The van der Waals surface area contributed by atoms with Gasteiger partial charge < -0.3 is 13.6 Å². The molecule has 0 saturated heterocycles. The number of hydrogen-bond acceptors (Lipinski definition) is 8. The Labute approximate surface area is 138 Å². The molecule has 0 amide bonds. The van der Waals surface area contributed by atoms with Gasteiger partial charge in [-0.2, -0.15) is 8.78 Å². The number of fused-ring (bicyclic) bond motifs is 1. The van der Waals surface area contributed by atoms with Gasteiger partial charge in [0, 0.05) is 12.4 Å². The highest BCUT2D eigenvalue weighted by molar-refractivity contribution is 5.79. The summed E-state index contributed by atoms with van der Waals surface area (Å²) in [5, 5.41) is 6.78. The Balaban J connectivity index is 1.48. The Morgan fingerprint density at radius 3 is 2.68 bits per heavy atom. The molecule has 0 atom stereocenters. The lowest BCUT2D eigenvalue weighted by Gasteiger charge is -2.05. The molecule has 4 aromatic rings. The number of oxazole rings is 1. The Hall–Kier alpha value is -3.43. The molecular formula is C15H9F2N5O3. The lowest BCUT2D eigenvalue weighted by Crippen LogP contribution is -2.01. The number of benzene rings is 1. The van der Waals surface area contributed by atoms with Gasteiger partial charge in [0.05, 0.1) is 5.56 Å². The average molecular weight is 345 g/mol. The fraction of sp³-hybridized carbons (Fsp3) is 0.133. The third kappa shape index (κ3) is 3.01. The normalized spacial score (nSPS) is 11.3. The zero-order valence-electron chi connectivity index (χ0n) is 12.5. The van der Waals surface area contributed by atoms with Crippen molar-refractivity contribution in [2.75, 3.05) is 0 Å². The van der Waals surface area contributed by atoms with E-state index in [9.17, 15) is 8.78 Å². The highest BCUT2D eigenvalue weighted by atomic mass is 19.3. The maximum Gasteiger partial charge on any atom is 0.314 e. The fourth-order valence-electron chi connectivity index (χ4n) is 2.10. The van der Waals surface area contributed by atoms with Crippen LogP contribution in [0, 0.1) is 0 Å². The molecule has 25 heavy (non-hydrogen) atoms. The number of halogens is 2. The van der Waals surface area contributed by atoms with Crippen molar-refractivity contribution >= 4 is 11.1 Å². The molecule has 126 valence electrons. The van der Waals surface area contributed by atoms with Crippen LogP contribution in [0.25, 0.3) is 22.6 Å². The molecule has 0 aliphatic heterocycles. The van der Waals surface area contributed by atoms with Crippen molar-refractivity contribution < 1.29 is 22.4 Å². The average Bonchev–Trinajstić information content (AvgIpc) is 3.30. The lowest BCUT2D eigenvalue weighted by molar-refractivity contribution is 0.116. The summed E-state index contributed by atoms with van der Waals surface area (Å²) < 4.78 is 40.6. The Bertz CT molecular complexity index is 1000. The number of nitrogens with zero attached hydrogens (tertiary/aromatic N) is 5. The molecular weight excluding hydrogens is 336 g/mol. The molecule has 4 rings (SSSR count). The van der Waals surface area contributed by atoms with E-state index in [-0.39, 0.29) is 12.5 Å². The summed E-state index contributed by atoms with van der Waals surface area (Å²) in [5.74, 6) is 0.105. The fourth-order valence-corrected chi connectivity index (χ4v) is 2.10. The molecule has 0 radical (unpaired) electrons. The molecule has 0 unspecified atom stereocenters. The van der Waals surface area contributed by atoms with Crippen LogP contribution in [-0.2, 0) is 6.61 Å². The molecule has 1 aromatic carbocycles. The van der Waals surface area contributed by atoms with Crippen LogP contribution in [0.2, 0.25) is 0 Å². The van der Waals surface area contributed by atoms with Gasteiger partial charge in [-0.1, -0.05) is 6.07 Å². The summed E-state index contributed by atoms with van der Waals surface area (Å²) in [6, 6.07) is 5.31. The van der Waals surface area contributed by atoms with E-state index in [1.54, 1.807) is 18.2 Å². The van der Waals surface area contributed by atoms with Crippen LogP contribution >= 0.6 is 0 Å². The monoisotopic (exact) mass is 345 g/mol. The van der Waals surface area contributed by atoms with E-state index >= 15 is 0 Å². The summed E-state index contributed by atoms with van der Waals surface area (Å²) >= 11 is 0. The van der Waals surface area contributed by atoms with Gasteiger partial charge in [0.25, 0.3) is 11.8 Å². The standard InChI is InChI=1S/C15H9F2N5O3/c16-13(17)15-22-21-14(25-15)8-4-18-11(19-5-8)6-23-9-2-1-3-10-12(9)20-7-24-10/h1-5,7,13H,6H2. The number of alkyl halides is 2. The lowest BCUT2D eigenvalue weighted by atomic mass is 10.3. The van der Waals surface area contributed by atoms with E-state index in [4.69, 9.17) is 13.6 Å². The largest absolute Gasteiger partial charge is 0.483 e. The summed E-state index contributed by atoms with van der Waals surface area (Å²) in [7, 11) is 0. The van der Waals surface area contributed by atoms with Crippen LogP contribution in [0.5, 0.6) is 5.75 Å². The van der Waals surface area contributed by atoms with Gasteiger partial charge in [-0.25, -0.2) is 15.0 Å². The second kappa shape index (κ2) is 6.23. The van der Waals surface area contributed by atoms with E-state index < -0.39 is 12.3 Å². The van der Waals surface area contributed by atoms with Gasteiger partial charge in [0.1, 0.15) is 12.4 Å². The van der Waals surface area contributed by atoms with Crippen LogP contribution in [0.4, 0.5) is 8.78 Å². The highest BCUT2D eigenvalue weighted by Gasteiger charge is 2.17. The van der Waals surface area contributed by atoms with Crippen LogP contribution in [0.1, 0.15) is 18.1 Å². The molecule has 3 heterocycles. The van der Waals surface area contributed by atoms with Gasteiger partial charge in [-0.3, -0.25) is 0 Å². The maximum atomic E-state index is 12.5. The van der Waals surface area contributed by atoms with Crippen molar-refractivity contribution in [2.24, 2.45) is 0 Å². The summed E-state index contributed by atoms with van der Waals surface area (Å²) in [6.45, 7) is 0.0956. The second-order valence-electron chi connectivity index (χ2n) is 4.88.